The second-order valence-electron chi connectivity index (χ2n) is 8.72. The van der Waals surface area contributed by atoms with Crippen LogP contribution in [0.4, 0.5) is 11.6 Å². The third-order valence-electron chi connectivity index (χ3n) is 6.83. The van der Waals surface area contributed by atoms with E-state index in [1.807, 2.05) is 16.8 Å². The molecule has 4 atom stereocenters. The van der Waals surface area contributed by atoms with Crippen LogP contribution >= 0.6 is 0 Å². The van der Waals surface area contributed by atoms with Crippen molar-refractivity contribution >= 4 is 33.6 Å². The maximum atomic E-state index is 10.8. The lowest BCUT2D eigenvalue weighted by atomic mass is 9.95. The summed E-state index contributed by atoms with van der Waals surface area (Å²) >= 11 is 0. The number of nitrogen functional groups attached to an aromatic ring is 1. The molecular weight excluding hydrogens is 408 g/mol. The standard InChI is InChI=1S/C23H24N6O3/c24-21-16-5-6-29(23(16)26-11-25-21)18-9-14(19(30)20(18)31)4-2-12-1-3-13-8-15-10-32-28-22(15)27-17(13)7-12/h1,3,5-8,11,14,18-20,30-31H,2,4,9-10H2,(H,27,28)(H2,24,25,26)/t14-,18+,19+,20-/m0/s1. The van der Waals surface area contributed by atoms with E-state index in [1.165, 1.54) is 6.33 Å². The number of aromatic nitrogens is 4. The van der Waals surface area contributed by atoms with Gasteiger partial charge < -0.3 is 20.5 Å². The Bertz CT molecular complexity index is 1320. The second-order valence-corrected chi connectivity index (χ2v) is 8.72. The Morgan fingerprint density at radius 2 is 2.06 bits per heavy atom. The normalized spacial score (nSPS) is 24.8. The molecule has 1 aliphatic heterocycles. The molecule has 0 bridgehead atoms. The van der Waals surface area contributed by atoms with Gasteiger partial charge in [-0.1, -0.05) is 12.1 Å². The van der Waals surface area contributed by atoms with Crippen LogP contribution in [-0.4, -0.2) is 41.9 Å². The van der Waals surface area contributed by atoms with Gasteiger partial charge in [0.25, 0.3) is 0 Å². The predicted octanol–water partition coefficient (Wildman–Crippen LogP) is 2.33. The van der Waals surface area contributed by atoms with E-state index in [-0.39, 0.29) is 12.0 Å². The van der Waals surface area contributed by atoms with Gasteiger partial charge in [0.1, 0.15) is 30.5 Å². The molecule has 0 saturated heterocycles. The van der Waals surface area contributed by atoms with Crippen LogP contribution in [-0.2, 0) is 17.9 Å². The zero-order chi connectivity index (χ0) is 21.8. The Morgan fingerprint density at radius 3 is 2.97 bits per heavy atom. The highest BCUT2D eigenvalue weighted by Crippen LogP contribution is 2.39. The van der Waals surface area contributed by atoms with E-state index in [0.717, 1.165) is 46.1 Å². The molecule has 4 heterocycles. The van der Waals surface area contributed by atoms with Gasteiger partial charge in [-0.2, -0.15) is 0 Å². The van der Waals surface area contributed by atoms with Crippen molar-refractivity contribution in [1.82, 2.24) is 19.5 Å². The molecule has 164 valence electrons. The van der Waals surface area contributed by atoms with E-state index < -0.39 is 12.2 Å². The number of aryl methyl sites for hydroxylation is 1. The van der Waals surface area contributed by atoms with E-state index >= 15 is 0 Å². The first-order chi connectivity index (χ1) is 15.6. The lowest BCUT2D eigenvalue weighted by Gasteiger charge is -2.19. The molecule has 1 aromatic carbocycles. The summed E-state index contributed by atoms with van der Waals surface area (Å²) in [7, 11) is 0. The Hall–Kier alpha value is -3.27. The highest BCUT2D eigenvalue weighted by Gasteiger charge is 2.42. The zero-order valence-electron chi connectivity index (χ0n) is 17.3. The SMILES string of the molecule is Nc1ncnc2c1ccn2[C@@H]1C[C@H](CCc2ccc3cc4c(nc3c2)NOC4)[C@@H](O)[C@H]1O. The van der Waals surface area contributed by atoms with E-state index in [1.54, 1.807) is 0 Å². The van der Waals surface area contributed by atoms with Crippen molar-refractivity contribution in [2.45, 2.75) is 44.1 Å². The van der Waals surface area contributed by atoms with Crippen LogP contribution in [0.3, 0.4) is 0 Å². The Labute approximate surface area is 183 Å². The smallest absolute Gasteiger partial charge is 0.156 e. The van der Waals surface area contributed by atoms with Crippen molar-refractivity contribution in [3.05, 3.63) is 54.0 Å². The summed E-state index contributed by atoms with van der Waals surface area (Å²) in [5.74, 6) is 1.16. The van der Waals surface area contributed by atoms with Crippen molar-refractivity contribution < 1.29 is 15.1 Å². The first-order valence-corrected chi connectivity index (χ1v) is 10.8. The molecule has 0 spiro atoms. The predicted molar refractivity (Wildman–Crippen MR) is 120 cm³/mol. The first kappa shape index (κ1) is 19.4. The van der Waals surface area contributed by atoms with E-state index in [9.17, 15) is 10.2 Å². The Morgan fingerprint density at radius 1 is 1.16 bits per heavy atom. The fourth-order valence-electron chi connectivity index (χ4n) is 5.06. The van der Waals surface area contributed by atoms with Crippen LogP contribution in [0.25, 0.3) is 21.9 Å². The van der Waals surface area contributed by atoms with Gasteiger partial charge in [-0.15, -0.1) is 0 Å². The van der Waals surface area contributed by atoms with Crippen LogP contribution in [0.15, 0.2) is 42.9 Å². The summed E-state index contributed by atoms with van der Waals surface area (Å²) in [5.41, 5.74) is 12.6. The zero-order valence-corrected chi connectivity index (χ0v) is 17.3. The summed E-state index contributed by atoms with van der Waals surface area (Å²) in [4.78, 5) is 18.3. The highest BCUT2D eigenvalue weighted by atomic mass is 16.7. The monoisotopic (exact) mass is 432 g/mol. The Kier molecular flexibility index (Phi) is 4.49. The van der Waals surface area contributed by atoms with Gasteiger partial charge in [0.2, 0.25) is 0 Å². The largest absolute Gasteiger partial charge is 0.390 e. The topological polar surface area (TPSA) is 131 Å². The minimum Gasteiger partial charge on any atom is -0.390 e. The molecule has 32 heavy (non-hydrogen) atoms. The fraction of sp³-hybridized carbons (Fsp3) is 0.348. The lowest BCUT2D eigenvalue weighted by Crippen LogP contribution is -2.29. The van der Waals surface area contributed by atoms with Gasteiger partial charge >= 0.3 is 0 Å². The fourth-order valence-corrected chi connectivity index (χ4v) is 5.06. The molecule has 3 aromatic heterocycles. The minimum atomic E-state index is -0.862. The van der Waals surface area contributed by atoms with Crippen molar-refractivity contribution in [2.75, 3.05) is 11.2 Å². The van der Waals surface area contributed by atoms with Crippen LogP contribution in [0.1, 0.15) is 30.0 Å². The maximum absolute atomic E-state index is 10.8. The van der Waals surface area contributed by atoms with Crippen molar-refractivity contribution in [3.63, 3.8) is 0 Å². The first-order valence-electron chi connectivity index (χ1n) is 10.8. The number of aliphatic hydroxyl groups excluding tert-OH is 2. The molecule has 9 heteroatoms. The summed E-state index contributed by atoms with van der Waals surface area (Å²) < 4.78 is 1.91. The summed E-state index contributed by atoms with van der Waals surface area (Å²) in [5, 5.41) is 23.4. The summed E-state index contributed by atoms with van der Waals surface area (Å²) in [6.45, 7) is 0.526. The number of fused-ring (bicyclic) bond motifs is 3. The molecule has 4 aromatic rings. The number of nitrogens with one attached hydrogen (secondary N) is 1. The number of nitrogens with zero attached hydrogens (tertiary/aromatic N) is 4. The summed E-state index contributed by atoms with van der Waals surface area (Å²) in [6, 6.07) is 9.97. The minimum absolute atomic E-state index is 0.0228. The van der Waals surface area contributed by atoms with Gasteiger partial charge in [-0.3, -0.25) is 4.84 Å². The van der Waals surface area contributed by atoms with Gasteiger partial charge in [0.15, 0.2) is 5.82 Å². The van der Waals surface area contributed by atoms with Crippen LogP contribution in [0.2, 0.25) is 0 Å². The molecule has 6 rings (SSSR count). The van der Waals surface area contributed by atoms with Crippen LogP contribution < -0.4 is 11.2 Å². The second kappa shape index (κ2) is 7.40. The molecule has 9 nitrogen and oxygen atoms in total. The number of benzene rings is 1. The Balaban J connectivity index is 1.20. The molecule has 1 saturated carbocycles. The molecule has 0 radical (unpaired) electrons. The maximum Gasteiger partial charge on any atom is 0.156 e. The van der Waals surface area contributed by atoms with E-state index in [2.05, 4.69) is 44.7 Å². The number of hydrogen-bond donors (Lipinski definition) is 4. The lowest BCUT2D eigenvalue weighted by molar-refractivity contribution is 0.00545. The molecule has 0 unspecified atom stereocenters. The van der Waals surface area contributed by atoms with Gasteiger partial charge in [-0.05, 0) is 48.9 Å². The number of hydrogen-bond acceptors (Lipinski definition) is 8. The molecule has 0 amide bonds. The third kappa shape index (κ3) is 3.09. The van der Waals surface area contributed by atoms with Crippen molar-refractivity contribution in [2.24, 2.45) is 5.92 Å². The van der Waals surface area contributed by atoms with Crippen molar-refractivity contribution in [3.8, 4) is 0 Å². The molecular formula is C23H24N6O3. The van der Waals surface area contributed by atoms with Gasteiger partial charge in [-0.25, -0.2) is 20.4 Å². The third-order valence-corrected chi connectivity index (χ3v) is 6.83. The van der Waals surface area contributed by atoms with E-state index in [0.29, 0.717) is 24.5 Å². The van der Waals surface area contributed by atoms with Crippen LogP contribution in [0, 0.1) is 5.92 Å². The number of anilines is 2. The summed E-state index contributed by atoms with van der Waals surface area (Å²) in [6.07, 6.45) is 3.86. The average Bonchev–Trinajstić information content (AvgIpc) is 3.50. The molecule has 1 aliphatic carbocycles. The molecule has 5 N–H and O–H groups in total. The quantitative estimate of drug-likeness (QED) is 0.386. The van der Waals surface area contributed by atoms with E-state index in [4.69, 9.17) is 10.6 Å². The van der Waals surface area contributed by atoms with Crippen LogP contribution in [0.5, 0.6) is 0 Å². The van der Waals surface area contributed by atoms with Crippen molar-refractivity contribution in [1.29, 1.82) is 0 Å². The number of pyridine rings is 1. The number of rotatable bonds is 4. The molecule has 2 aliphatic rings. The number of aliphatic hydroxyl groups is 2. The number of nitrogens with two attached hydrogens (primary N) is 1. The highest BCUT2D eigenvalue weighted by molar-refractivity contribution is 5.86. The average molecular weight is 432 g/mol. The van der Waals surface area contributed by atoms with Gasteiger partial charge in [0.05, 0.1) is 23.0 Å². The molecule has 1 fully saturated rings. The van der Waals surface area contributed by atoms with Gasteiger partial charge in [0, 0.05) is 17.1 Å².